The lowest BCUT2D eigenvalue weighted by Crippen LogP contribution is -2.36. The molecule has 3 nitrogen and oxygen atoms in total. The molecule has 0 aromatic carbocycles. The van der Waals surface area contributed by atoms with Gasteiger partial charge in [0.05, 0.1) is 18.1 Å². The van der Waals surface area contributed by atoms with Crippen LogP contribution >= 0.6 is 11.3 Å². The number of rotatable bonds is 6. The molecule has 0 aliphatic carbocycles. The van der Waals surface area contributed by atoms with E-state index in [9.17, 15) is 4.79 Å². The number of nitrogens with zero attached hydrogens (tertiary/aromatic N) is 1. The van der Waals surface area contributed by atoms with Crippen molar-refractivity contribution in [3.05, 3.63) is 21.9 Å². The zero-order valence-electron chi connectivity index (χ0n) is 11.0. The molecule has 0 amide bonds. The molecule has 1 aromatic rings. The molecule has 1 aliphatic rings. The number of thiophene rings is 1. The van der Waals surface area contributed by atoms with E-state index in [1.165, 1.54) is 4.88 Å². The Balaban J connectivity index is 1.61. The Bertz CT molecular complexity index is 383. The number of Topliss-reactive ketones (excluding diaryl/α,β-unsaturated/α-hetero) is 1. The topological polar surface area (TPSA) is 29.5 Å². The summed E-state index contributed by atoms with van der Waals surface area (Å²) < 4.78 is 5.31. The Morgan fingerprint density at radius 2 is 2.11 bits per heavy atom. The van der Waals surface area contributed by atoms with Gasteiger partial charge in [0.15, 0.2) is 5.78 Å². The highest BCUT2D eigenvalue weighted by molar-refractivity contribution is 7.14. The van der Waals surface area contributed by atoms with E-state index in [1.807, 2.05) is 19.1 Å². The van der Waals surface area contributed by atoms with Crippen molar-refractivity contribution >= 4 is 17.1 Å². The normalized spacial score (nSPS) is 16.9. The second kappa shape index (κ2) is 7.02. The van der Waals surface area contributed by atoms with Crippen LogP contribution in [0.4, 0.5) is 0 Å². The molecule has 18 heavy (non-hydrogen) atoms. The number of ketones is 1. The Kier molecular flexibility index (Phi) is 5.35. The van der Waals surface area contributed by atoms with Crippen molar-refractivity contribution in [1.29, 1.82) is 0 Å². The second-order valence-electron chi connectivity index (χ2n) is 4.74. The Hall–Kier alpha value is -0.710. The van der Waals surface area contributed by atoms with Crippen LogP contribution in [0.25, 0.3) is 0 Å². The molecule has 4 heteroatoms. The SMILES string of the molecule is Cc1ccc(C(=O)CCCCN2CCOCC2)s1. The highest BCUT2D eigenvalue weighted by atomic mass is 32.1. The first-order valence-electron chi connectivity index (χ1n) is 6.65. The molecule has 0 atom stereocenters. The van der Waals surface area contributed by atoms with Crippen LogP contribution in [0.1, 0.15) is 33.8 Å². The first-order chi connectivity index (χ1) is 8.75. The number of ether oxygens (including phenoxy) is 1. The van der Waals surface area contributed by atoms with Gasteiger partial charge in [-0.25, -0.2) is 0 Å². The van der Waals surface area contributed by atoms with E-state index in [1.54, 1.807) is 11.3 Å². The number of carbonyl (C=O) groups excluding carboxylic acids is 1. The van der Waals surface area contributed by atoms with Crippen molar-refractivity contribution in [2.45, 2.75) is 26.2 Å². The number of aryl methyl sites for hydroxylation is 1. The lowest BCUT2D eigenvalue weighted by molar-refractivity contribution is 0.0371. The van der Waals surface area contributed by atoms with Crippen molar-refractivity contribution in [3.63, 3.8) is 0 Å². The van der Waals surface area contributed by atoms with E-state index in [2.05, 4.69) is 4.90 Å². The van der Waals surface area contributed by atoms with Crippen LogP contribution in [0, 0.1) is 6.92 Å². The second-order valence-corrected chi connectivity index (χ2v) is 6.03. The van der Waals surface area contributed by atoms with Crippen molar-refractivity contribution < 1.29 is 9.53 Å². The molecule has 0 saturated carbocycles. The summed E-state index contributed by atoms with van der Waals surface area (Å²) in [6, 6.07) is 3.97. The van der Waals surface area contributed by atoms with Crippen molar-refractivity contribution in [1.82, 2.24) is 4.90 Å². The van der Waals surface area contributed by atoms with Crippen LogP contribution in [-0.4, -0.2) is 43.5 Å². The molecule has 1 saturated heterocycles. The van der Waals surface area contributed by atoms with Gasteiger partial charge in [-0.3, -0.25) is 9.69 Å². The summed E-state index contributed by atoms with van der Waals surface area (Å²) >= 11 is 1.61. The highest BCUT2D eigenvalue weighted by Gasteiger charge is 2.11. The third kappa shape index (κ3) is 4.19. The molecule has 2 rings (SSSR count). The van der Waals surface area contributed by atoms with Gasteiger partial charge < -0.3 is 4.74 Å². The maximum Gasteiger partial charge on any atom is 0.172 e. The van der Waals surface area contributed by atoms with Gasteiger partial charge in [-0.15, -0.1) is 11.3 Å². The molecule has 0 bridgehead atoms. The first-order valence-corrected chi connectivity index (χ1v) is 7.47. The fourth-order valence-electron chi connectivity index (χ4n) is 2.15. The van der Waals surface area contributed by atoms with Crippen molar-refractivity contribution in [2.24, 2.45) is 0 Å². The van der Waals surface area contributed by atoms with Gasteiger partial charge in [0.2, 0.25) is 0 Å². The van der Waals surface area contributed by atoms with Gasteiger partial charge in [-0.2, -0.15) is 0 Å². The van der Waals surface area contributed by atoms with E-state index in [-0.39, 0.29) is 0 Å². The van der Waals surface area contributed by atoms with Gasteiger partial charge >= 0.3 is 0 Å². The standard InChI is InChI=1S/C14H21NO2S/c1-12-5-6-14(18-12)13(16)4-2-3-7-15-8-10-17-11-9-15/h5-6H,2-4,7-11H2,1H3. The first kappa shape index (κ1) is 13.7. The maximum atomic E-state index is 11.9. The smallest absolute Gasteiger partial charge is 0.172 e. The van der Waals surface area contributed by atoms with Crippen molar-refractivity contribution in [3.8, 4) is 0 Å². The highest BCUT2D eigenvalue weighted by Crippen LogP contribution is 2.17. The average Bonchev–Trinajstić information content (AvgIpc) is 2.82. The fraction of sp³-hybridized carbons (Fsp3) is 0.643. The predicted octanol–water partition coefficient (Wildman–Crippen LogP) is 2.74. The molecular formula is C14H21NO2S. The maximum absolute atomic E-state index is 11.9. The van der Waals surface area contributed by atoms with E-state index >= 15 is 0 Å². The van der Waals surface area contributed by atoms with Crippen LogP contribution < -0.4 is 0 Å². The minimum absolute atomic E-state index is 0.301. The molecule has 100 valence electrons. The number of carbonyl (C=O) groups is 1. The zero-order valence-corrected chi connectivity index (χ0v) is 11.8. The average molecular weight is 267 g/mol. The van der Waals surface area contributed by atoms with Crippen LogP contribution in [0.5, 0.6) is 0 Å². The number of unbranched alkanes of at least 4 members (excludes halogenated alkanes) is 1. The summed E-state index contributed by atoms with van der Waals surface area (Å²) in [7, 11) is 0. The number of morpholine rings is 1. The van der Waals surface area contributed by atoms with Gasteiger partial charge in [0.25, 0.3) is 0 Å². The fourth-order valence-corrected chi connectivity index (χ4v) is 2.99. The van der Waals surface area contributed by atoms with Crippen LogP contribution in [-0.2, 0) is 4.74 Å². The minimum atomic E-state index is 0.301. The summed E-state index contributed by atoms with van der Waals surface area (Å²) in [6.45, 7) is 6.93. The van der Waals surface area contributed by atoms with Gasteiger partial charge in [0.1, 0.15) is 0 Å². The molecule has 2 heterocycles. The molecule has 0 N–H and O–H groups in total. The lowest BCUT2D eigenvalue weighted by atomic mass is 10.1. The van der Waals surface area contributed by atoms with Gasteiger partial charge in [-0.1, -0.05) is 0 Å². The number of hydrogen-bond donors (Lipinski definition) is 0. The van der Waals surface area contributed by atoms with E-state index in [0.29, 0.717) is 12.2 Å². The van der Waals surface area contributed by atoms with Crippen LogP contribution in [0.2, 0.25) is 0 Å². The van der Waals surface area contributed by atoms with Crippen molar-refractivity contribution in [2.75, 3.05) is 32.8 Å². The monoisotopic (exact) mass is 267 g/mol. The third-order valence-corrected chi connectivity index (χ3v) is 4.29. The minimum Gasteiger partial charge on any atom is -0.379 e. The van der Waals surface area contributed by atoms with E-state index in [0.717, 1.165) is 50.6 Å². The van der Waals surface area contributed by atoms with Crippen LogP contribution in [0.15, 0.2) is 12.1 Å². The third-order valence-electron chi connectivity index (χ3n) is 3.25. The largest absolute Gasteiger partial charge is 0.379 e. The summed E-state index contributed by atoms with van der Waals surface area (Å²) in [5.74, 6) is 0.301. The molecule has 1 aliphatic heterocycles. The number of hydrogen-bond acceptors (Lipinski definition) is 4. The summed E-state index contributed by atoms with van der Waals surface area (Å²) in [6.07, 6.45) is 2.79. The molecule has 1 fully saturated rings. The summed E-state index contributed by atoms with van der Waals surface area (Å²) in [5.41, 5.74) is 0. The lowest BCUT2D eigenvalue weighted by Gasteiger charge is -2.26. The zero-order chi connectivity index (χ0) is 12.8. The predicted molar refractivity (Wildman–Crippen MR) is 74.5 cm³/mol. The molecule has 0 radical (unpaired) electrons. The molecular weight excluding hydrogens is 246 g/mol. The Labute approximate surface area is 113 Å². The Morgan fingerprint density at radius 1 is 1.33 bits per heavy atom. The molecule has 1 aromatic heterocycles. The summed E-state index contributed by atoms with van der Waals surface area (Å²) in [5, 5.41) is 0. The quantitative estimate of drug-likeness (QED) is 0.586. The van der Waals surface area contributed by atoms with Gasteiger partial charge in [0, 0.05) is 24.4 Å². The van der Waals surface area contributed by atoms with Gasteiger partial charge in [-0.05, 0) is 38.4 Å². The van der Waals surface area contributed by atoms with E-state index in [4.69, 9.17) is 4.74 Å². The van der Waals surface area contributed by atoms with Crippen LogP contribution in [0.3, 0.4) is 0 Å². The van der Waals surface area contributed by atoms with E-state index < -0.39 is 0 Å². The molecule has 0 unspecified atom stereocenters. The molecule has 0 spiro atoms. The summed E-state index contributed by atoms with van der Waals surface area (Å²) in [4.78, 5) is 16.4. The Morgan fingerprint density at radius 3 is 2.78 bits per heavy atom.